The summed E-state index contributed by atoms with van der Waals surface area (Å²) in [5.74, 6) is 1.22. The van der Waals surface area contributed by atoms with E-state index in [1.807, 2.05) is 12.1 Å². The maximum atomic E-state index is 6.09. The number of rotatable bonds is 2. The first kappa shape index (κ1) is 9.86. The van der Waals surface area contributed by atoms with Crippen LogP contribution in [-0.4, -0.2) is 17.3 Å². The van der Waals surface area contributed by atoms with E-state index in [4.69, 9.17) is 22.1 Å². The third-order valence-corrected chi connectivity index (χ3v) is 2.45. The van der Waals surface area contributed by atoms with E-state index in [0.717, 1.165) is 11.1 Å². The molecule has 0 saturated heterocycles. The van der Waals surface area contributed by atoms with Gasteiger partial charge in [-0.05, 0) is 18.2 Å². The van der Waals surface area contributed by atoms with Crippen molar-refractivity contribution in [1.29, 1.82) is 0 Å². The number of aromatic amines is 1. The third-order valence-electron chi connectivity index (χ3n) is 2.14. The van der Waals surface area contributed by atoms with Crippen LogP contribution in [0.15, 0.2) is 24.4 Å². The molecule has 2 rings (SSSR count). The minimum absolute atomic E-state index is 0.502. The van der Waals surface area contributed by atoms with E-state index in [1.165, 1.54) is 0 Å². The van der Waals surface area contributed by atoms with Gasteiger partial charge in [-0.2, -0.15) is 5.10 Å². The van der Waals surface area contributed by atoms with Gasteiger partial charge in [0, 0.05) is 11.1 Å². The van der Waals surface area contributed by atoms with Gasteiger partial charge in [0.25, 0.3) is 0 Å². The minimum Gasteiger partial charge on any atom is -0.497 e. The number of nitrogens with one attached hydrogen (secondary N) is 1. The van der Waals surface area contributed by atoms with Crippen LogP contribution < -0.4 is 10.5 Å². The number of halogens is 1. The van der Waals surface area contributed by atoms with Gasteiger partial charge in [0.05, 0.1) is 18.3 Å². The van der Waals surface area contributed by atoms with Crippen molar-refractivity contribution in [3.8, 4) is 16.9 Å². The summed E-state index contributed by atoms with van der Waals surface area (Å²) in [6.45, 7) is 0. The van der Waals surface area contributed by atoms with Crippen molar-refractivity contribution in [2.75, 3.05) is 12.8 Å². The Morgan fingerprint density at radius 1 is 1.40 bits per heavy atom. The standard InChI is InChI=1S/C10H10ClN3O/c1-15-6-2-3-7(9(11)4-6)8-5-13-14-10(8)12/h2-5H,1H3,(H3,12,13,14). The molecular formula is C10H10ClN3O. The van der Waals surface area contributed by atoms with Crippen molar-refractivity contribution in [2.24, 2.45) is 0 Å². The summed E-state index contributed by atoms with van der Waals surface area (Å²) < 4.78 is 5.06. The number of benzene rings is 1. The smallest absolute Gasteiger partial charge is 0.126 e. The second kappa shape index (κ2) is 3.82. The number of hydrogen-bond donors (Lipinski definition) is 2. The van der Waals surface area contributed by atoms with Gasteiger partial charge in [0.1, 0.15) is 11.6 Å². The van der Waals surface area contributed by atoms with Crippen molar-refractivity contribution >= 4 is 17.4 Å². The number of methoxy groups -OCH3 is 1. The predicted molar refractivity (Wildman–Crippen MR) is 60.0 cm³/mol. The highest BCUT2D eigenvalue weighted by molar-refractivity contribution is 6.33. The molecule has 0 radical (unpaired) electrons. The minimum atomic E-state index is 0.502. The average Bonchev–Trinajstić information content (AvgIpc) is 2.64. The van der Waals surface area contributed by atoms with E-state index < -0.39 is 0 Å². The Morgan fingerprint density at radius 3 is 2.73 bits per heavy atom. The lowest BCUT2D eigenvalue weighted by Crippen LogP contribution is -1.89. The Labute approximate surface area is 92.0 Å². The number of ether oxygens (including phenoxy) is 1. The second-order valence-electron chi connectivity index (χ2n) is 3.04. The molecule has 3 N–H and O–H groups in total. The average molecular weight is 224 g/mol. The third kappa shape index (κ3) is 1.76. The summed E-state index contributed by atoms with van der Waals surface area (Å²) in [5, 5.41) is 7.09. The van der Waals surface area contributed by atoms with E-state index >= 15 is 0 Å². The Balaban J connectivity index is 2.50. The number of aromatic nitrogens is 2. The summed E-state index contributed by atoms with van der Waals surface area (Å²) >= 11 is 6.09. The van der Waals surface area contributed by atoms with E-state index in [2.05, 4.69) is 10.2 Å². The Kier molecular flexibility index (Phi) is 2.51. The molecule has 0 spiro atoms. The van der Waals surface area contributed by atoms with Gasteiger partial charge in [-0.15, -0.1) is 0 Å². The zero-order chi connectivity index (χ0) is 10.8. The molecule has 0 unspecified atom stereocenters. The fraction of sp³-hybridized carbons (Fsp3) is 0.100. The van der Waals surface area contributed by atoms with E-state index in [9.17, 15) is 0 Å². The molecule has 0 amide bonds. The van der Waals surface area contributed by atoms with Gasteiger partial charge in [-0.3, -0.25) is 5.10 Å². The molecule has 1 aromatic carbocycles. The Bertz CT molecular complexity index is 481. The second-order valence-corrected chi connectivity index (χ2v) is 3.45. The van der Waals surface area contributed by atoms with Gasteiger partial charge in [-0.1, -0.05) is 11.6 Å². The number of hydrogen-bond acceptors (Lipinski definition) is 3. The van der Waals surface area contributed by atoms with Crippen LogP contribution in [0.1, 0.15) is 0 Å². The molecule has 0 aliphatic carbocycles. The molecule has 0 aliphatic rings. The van der Waals surface area contributed by atoms with Gasteiger partial charge < -0.3 is 10.5 Å². The van der Waals surface area contributed by atoms with Gasteiger partial charge in [0.2, 0.25) is 0 Å². The van der Waals surface area contributed by atoms with Crippen molar-refractivity contribution < 1.29 is 4.74 Å². The van der Waals surface area contributed by atoms with Crippen LogP contribution in [0.5, 0.6) is 5.75 Å². The van der Waals surface area contributed by atoms with Crippen LogP contribution in [0.3, 0.4) is 0 Å². The summed E-state index contributed by atoms with van der Waals surface area (Å²) in [5.41, 5.74) is 7.33. The molecule has 0 atom stereocenters. The summed E-state index contributed by atoms with van der Waals surface area (Å²) in [6.07, 6.45) is 1.64. The lowest BCUT2D eigenvalue weighted by Gasteiger charge is -2.05. The largest absolute Gasteiger partial charge is 0.497 e. The SMILES string of the molecule is COc1ccc(-c2cn[nH]c2N)c(Cl)c1. The quantitative estimate of drug-likeness (QED) is 0.821. The Morgan fingerprint density at radius 2 is 2.20 bits per heavy atom. The lowest BCUT2D eigenvalue weighted by atomic mass is 10.1. The molecule has 15 heavy (non-hydrogen) atoms. The highest BCUT2D eigenvalue weighted by Gasteiger charge is 2.09. The van der Waals surface area contributed by atoms with Gasteiger partial charge in [0.15, 0.2) is 0 Å². The highest BCUT2D eigenvalue weighted by Crippen LogP contribution is 2.33. The van der Waals surface area contributed by atoms with Crippen LogP contribution in [0.2, 0.25) is 5.02 Å². The van der Waals surface area contributed by atoms with E-state index in [1.54, 1.807) is 19.4 Å². The Hall–Kier alpha value is -1.68. The van der Waals surface area contributed by atoms with Crippen LogP contribution in [0.4, 0.5) is 5.82 Å². The lowest BCUT2D eigenvalue weighted by molar-refractivity contribution is 0.415. The fourth-order valence-corrected chi connectivity index (χ4v) is 1.62. The first-order valence-corrected chi connectivity index (χ1v) is 4.73. The fourth-order valence-electron chi connectivity index (χ4n) is 1.35. The van der Waals surface area contributed by atoms with E-state index in [0.29, 0.717) is 16.6 Å². The predicted octanol–water partition coefficient (Wildman–Crippen LogP) is 2.32. The van der Waals surface area contributed by atoms with Crippen LogP contribution in [-0.2, 0) is 0 Å². The summed E-state index contributed by atoms with van der Waals surface area (Å²) in [6, 6.07) is 5.42. The van der Waals surface area contributed by atoms with Crippen LogP contribution in [0.25, 0.3) is 11.1 Å². The number of H-pyrrole nitrogens is 1. The number of nitrogen functional groups attached to an aromatic ring is 1. The molecular weight excluding hydrogens is 214 g/mol. The molecule has 1 aromatic heterocycles. The maximum absolute atomic E-state index is 6.09. The first-order valence-electron chi connectivity index (χ1n) is 4.35. The number of nitrogens with two attached hydrogens (primary N) is 1. The maximum Gasteiger partial charge on any atom is 0.126 e. The number of nitrogens with zero attached hydrogens (tertiary/aromatic N) is 1. The van der Waals surface area contributed by atoms with E-state index in [-0.39, 0.29) is 0 Å². The number of anilines is 1. The summed E-state index contributed by atoms with van der Waals surface area (Å²) in [4.78, 5) is 0. The molecule has 0 bridgehead atoms. The zero-order valence-corrected chi connectivity index (χ0v) is 8.88. The van der Waals surface area contributed by atoms with Crippen molar-refractivity contribution in [3.05, 3.63) is 29.4 Å². The molecule has 4 nitrogen and oxygen atoms in total. The molecule has 0 saturated carbocycles. The van der Waals surface area contributed by atoms with Gasteiger partial charge in [-0.25, -0.2) is 0 Å². The summed E-state index contributed by atoms with van der Waals surface area (Å²) in [7, 11) is 1.59. The molecule has 0 fully saturated rings. The monoisotopic (exact) mass is 223 g/mol. The zero-order valence-electron chi connectivity index (χ0n) is 8.12. The molecule has 0 aliphatic heterocycles. The first-order chi connectivity index (χ1) is 7.22. The normalized spacial score (nSPS) is 10.3. The molecule has 78 valence electrons. The topological polar surface area (TPSA) is 63.9 Å². The van der Waals surface area contributed by atoms with Crippen LogP contribution in [0, 0.1) is 0 Å². The highest BCUT2D eigenvalue weighted by atomic mass is 35.5. The van der Waals surface area contributed by atoms with Crippen molar-refractivity contribution in [2.45, 2.75) is 0 Å². The molecule has 5 heteroatoms. The van der Waals surface area contributed by atoms with Crippen molar-refractivity contribution in [1.82, 2.24) is 10.2 Å². The van der Waals surface area contributed by atoms with Crippen molar-refractivity contribution in [3.63, 3.8) is 0 Å². The van der Waals surface area contributed by atoms with Crippen LogP contribution >= 0.6 is 11.6 Å². The molecule has 2 aromatic rings. The van der Waals surface area contributed by atoms with Gasteiger partial charge >= 0.3 is 0 Å². The molecule has 1 heterocycles.